The van der Waals surface area contributed by atoms with Gasteiger partial charge in [-0.1, -0.05) is 60.7 Å². The van der Waals surface area contributed by atoms with Crippen molar-refractivity contribution in [3.05, 3.63) is 145 Å². The number of rotatable bonds is 10. The van der Waals surface area contributed by atoms with Crippen molar-refractivity contribution in [2.45, 2.75) is 13.0 Å². The molecule has 6 aromatic rings. The Kier molecular flexibility index (Phi) is 9.36. The number of aromatic amines is 1. The topological polar surface area (TPSA) is 110 Å². The maximum absolute atomic E-state index is 14.0. The summed E-state index contributed by atoms with van der Waals surface area (Å²) in [5.74, 6) is 1.02. The molecule has 2 heterocycles. The highest BCUT2D eigenvalue weighted by atomic mass is 127. The molecule has 5 aromatic carbocycles. The second-order valence-corrected chi connectivity index (χ2v) is 13.5. The number of aliphatic imine (C=N–C) groups is 1. The van der Waals surface area contributed by atoms with Gasteiger partial charge < -0.3 is 14.5 Å². The summed E-state index contributed by atoms with van der Waals surface area (Å²) in [6.07, 6.45) is 4.42. The van der Waals surface area contributed by atoms with Crippen LogP contribution in [0.1, 0.15) is 16.7 Å². The minimum absolute atomic E-state index is 0.0241. The molecule has 1 N–H and O–H groups in total. The number of nitrogens with one attached hydrogen (secondary N) is 1. The Morgan fingerprint density at radius 3 is 2.51 bits per heavy atom. The highest BCUT2D eigenvalue weighted by Crippen LogP contribution is 2.39. The molecular formula is C38H29IN4O5S. The molecule has 0 unspecified atom stereocenters. The monoisotopic (exact) mass is 780 g/mol. The van der Waals surface area contributed by atoms with E-state index in [1.807, 2.05) is 60.8 Å². The number of para-hydroxylation sites is 1. The number of carbonyl (C=O) groups is 1. The number of halogens is 1. The molecular weight excluding hydrogens is 751 g/mol. The molecule has 11 heteroatoms. The number of ether oxygens (including phenoxy) is 2. The summed E-state index contributed by atoms with van der Waals surface area (Å²) in [7, 11) is 1.60. The molecule has 1 aliphatic heterocycles. The summed E-state index contributed by atoms with van der Waals surface area (Å²) in [4.78, 5) is 34.9. The zero-order chi connectivity index (χ0) is 33.9. The van der Waals surface area contributed by atoms with Crippen molar-refractivity contribution >= 4 is 84.6 Å². The number of methoxy groups -OCH3 is 1. The normalized spacial score (nSPS) is 14.7. The Balaban J connectivity index is 1.17. The first-order chi connectivity index (χ1) is 23.9. The number of H-pyrrole nitrogens is 1. The number of aromatic nitrogens is 1. The van der Waals surface area contributed by atoms with Crippen molar-refractivity contribution in [3.63, 3.8) is 0 Å². The summed E-state index contributed by atoms with van der Waals surface area (Å²) < 4.78 is 12.9. The molecule has 1 saturated heterocycles. The number of nitro groups is 1. The van der Waals surface area contributed by atoms with Gasteiger partial charge in [0.05, 0.1) is 26.2 Å². The molecule has 1 amide bonds. The van der Waals surface area contributed by atoms with Crippen LogP contribution in [0.2, 0.25) is 0 Å². The van der Waals surface area contributed by atoms with Crippen LogP contribution in [-0.2, 0) is 17.8 Å². The zero-order valence-electron chi connectivity index (χ0n) is 26.3. The molecule has 1 aliphatic rings. The number of thioether (sulfide) groups is 1. The Labute approximate surface area is 299 Å². The average molecular weight is 781 g/mol. The summed E-state index contributed by atoms with van der Waals surface area (Å²) >= 11 is 3.50. The van der Waals surface area contributed by atoms with E-state index in [0.717, 1.165) is 41.9 Å². The molecule has 49 heavy (non-hydrogen) atoms. The smallest absolute Gasteiger partial charge is 0.269 e. The SMILES string of the molecule is COc1cc(/C=C2\SC(=Nc3ccc([N+](=O)[O-])cc3)N(CCc3c[nH]c4ccccc34)C2=O)cc(I)c1OCc1cccc2ccccc12. The molecule has 0 spiro atoms. The van der Waals surface area contributed by atoms with Gasteiger partial charge in [-0.25, -0.2) is 4.99 Å². The van der Waals surface area contributed by atoms with E-state index in [0.29, 0.717) is 46.8 Å². The predicted molar refractivity (Wildman–Crippen MR) is 203 cm³/mol. The van der Waals surface area contributed by atoms with Crippen LogP contribution in [0.25, 0.3) is 27.8 Å². The highest BCUT2D eigenvalue weighted by Gasteiger charge is 2.33. The third-order valence-electron chi connectivity index (χ3n) is 8.25. The molecule has 0 aliphatic carbocycles. The average Bonchev–Trinajstić information content (AvgIpc) is 3.66. The summed E-state index contributed by atoms with van der Waals surface area (Å²) in [5, 5.41) is 15.1. The van der Waals surface area contributed by atoms with Crippen molar-refractivity contribution in [3.8, 4) is 11.5 Å². The quantitative estimate of drug-likeness (QED) is 0.0643. The molecule has 1 fully saturated rings. The summed E-state index contributed by atoms with van der Waals surface area (Å²) in [6, 6.07) is 32.2. The number of amidine groups is 1. The Bertz CT molecular complexity index is 2280. The van der Waals surface area contributed by atoms with E-state index in [9.17, 15) is 14.9 Å². The lowest BCUT2D eigenvalue weighted by atomic mass is 10.1. The summed E-state index contributed by atoms with van der Waals surface area (Å²) in [5.41, 5.74) is 4.48. The summed E-state index contributed by atoms with van der Waals surface area (Å²) in [6.45, 7) is 0.773. The van der Waals surface area contributed by atoms with Crippen LogP contribution < -0.4 is 9.47 Å². The van der Waals surface area contributed by atoms with Gasteiger partial charge in [-0.2, -0.15) is 0 Å². The number of hydrogen-bond donors (Lipinski definition) is 1. The number of hydrogen-bond acceptors (Lipinski definition) is 7. The van der Waals surface area contributed by atoms with Crippen LogP contribution in [0.3, 0.4) is 0 Å². The first-order valence-corrected chi connectivity index (χ1v) is 17.3. The van der Waals surface area contributed by atoms with Crippen molar-refractivity contribution in [2.75, 3.05) is 13.7 Å². The highest BCUT2D eigenvalue weighted by molar-refractivity contribution is 14.1. The lowest BCUT2D eigenvalue weighted by Gasteiger charge is -2.15. The van der Waals surface area contributed by atoms with E-state index in [1.54, 1.807) is 24.1 Å². The first-order valence-electron chi connectivity index (χ1n) is 15.4. The Hall–Kier alpha value is -5.14. The van der Waals surface area contributed by atoms with Gasteiger partial charge in [0.2, 0.25) is 0 Å². The van der Waals surface area contributed by atoms with Crippen molar-refractivity contribution in [1.82, 2.24) is 9.88 Å². The van der Waals surface area contributed by atoms with Crippen molar-refractivity contribution in [2.24, 2.45) is 4.99 Å². The number of nitro benzene ring substituents is 1. The van der Waals surface area contributed by atoms with E-state index in [2.05, 4.69) is 57.9 Å². The Morgan fingerprint density at radius 2 is 1.71 bits per heavy atom. The predicted octanol–water partition coefficient (Wildman–Crippen LogP) is 9.27. The maximum atomic E-state index is 14.0. The minimum Gasteiger partial charge on any atom is -0.493 e. The lowest BCUT2D eigenvalue weighted by Crippen LogP contribution is -2.31. The first kappa shape index (κ1) is 32.4. The van der Waals surface area contributed by atoms with Crippen LogP contribution in [0.5, 0.6) is 11.5 Å². The second-order valence-electron chi connectivity index (χ2n) is 11.3. The van der Waals surface area contributed by atoms with Crippen LogP contribution in [0.15, 0.2) is 119 Å². The fraction of sp³-hybridized carbons (Fsp3) is 0.105. The van der Waals surface area contributed by atoms with Crippen molar-refractivity contribution in [1.29, 1.82) is 0 Å². The van der Waals surface area contributed by atoms with Crippen molar-refractivity contribution < 1.29 is 19.2 Å². The number of fused-ring (bicyclic) bond motifs is 2. The van der Waals surface area contributed by atoms with E-state index in [-0.39, 0.29) is 11.6 Å². The van der Waals surface area contributed by atoms with Crippen LogP contribution in [0.4, 0.5) is 11.4 Å². The van der Waals surface area contributed by atoms with Gasteiger partial charge in [-0.05, 0) is 105 Å². The minimum atomic E-state index is -0.450. The van der Waals surface area contributed by atoms with Gasteiger partial charge >= 0.3 is 0 Å². The molecule has 9 nitrogen and oxygen atoms in total. The van der Waals surface area contributed by atoms with E-state index in [1.165, 1.54) is 23.9 Å². The number of carbonyl (C=O) groups excluding carboxylic acids is 1. The third-order valence-corrected chi connectivity index (χ3v) is 10.1. The number of non-ortho nitro benzene ring substituents is 1. The Morgan fingerprint density at radius 1 is 0.959 bits per heavy atom. The molecule has 0 radical (unpaired) electrons. The van der Waals surface area contributed by atoms with E-state index >= 15 is 0 Å². The standard InChI is InChI=1S/C38H29IN4O5S/c1-47-34-20-24(19-32(39)36(34)48-23-27-9-6-8-25-7-2-3-10-30(25)27)21-35-37(44)42(18-17-26-22-40-33-12-5-4-11-31(26)33)38(49-35)41-28-13-15-29(16-14-28)43(45)46/h2-16,19-22,40H,17-18,23H2,1H3/b35-21-,41-38?. The zero-order valence-corrected chi connectivity index (χ0v) is 29.2. The fourth-order valence-corrected chi connectivity index (χ4v) is 7.61. The maximum Gasteiger partial charge on any atom is 0.269 e. The third kappa shape index (κ3) is 6.90. The van der Waals surface area contributed by atoms with Gasteiger partial charge in [0.15, 0.2) is 16.7 Å². The van der Waals surface area contributed by atoms with Gasteiger partial charge in [-0.15, -0.1) is 0 Å². The number of amides is 1. The number of benzene rings is 5. The van der Waals surface area contributed by atoms with Crippen LogP contribution in [0, 0.1) is 13.7 Å². The molecule has 0 atom stereocenters. The van der Waals surface area contributed by atoms with Crippen LogP contribution in [-0.4, -0.2) is 39.5 Å². The van der Waals surface area contributed by atoms with Gasteiger partial charge in [0.25, 0.3) is 11.6 Å². The molecule has 0 bridgehead atoms. The van der Waals surface area contributed by atoms with Gasteiger partial charge in [0.1, 0.15) is 6.61 Å². The van der Waals surface area contributed by atoms with Gasteiger partial charge in [-0.3, -0.25) is 19.8 Å². The van der Waals surface area contributed by atoms with Crippen LogP contribution >= 0.6 is 34.4 Å². The molecule has 7 rings (SSSR count). The molecule has 244 valence electrons. The second kappa shape index (κ2) is 14.1. The van der Waals surface area contributed by atoms with E-state index in [4.69, 9.17) is 14.5 Å². The molecule has 1 aromatic heterocycles. The van der Waals surface area contributed by atoms with E-state index < -0.39 is 4.92 Å². The fourth-order valence-electron chi connectivity index (χ4n) is 5.80. The van der Waals surface area contributed by atoms with Gasteiger partial charge in [0, 0.05) is 35.8 Å². The molecule has 0 saturated carbocycles. The number of nitrogens with zero attached hydrogens (tertiary/aromatic N) is 3. The lowest BCUT2D eigenvalue weighted by molar-refractivity contribution is -0.384. The largest absolute Gasteiger partial charge is 0.493 e.